The van der Waals surface area contributed by atoms with Crippen molar-refractivity contribution in [1.82, 2.24) is 18.8 Å². The third-order valence-electron chi connectivity index (χ3n) is 5.00. The Kier molecular flexibility index (Phi) is 5.71. The topological polar surface area (TPSA) is 97.6 Å². The number of aromatic nitrogens is 3. The highest BCUT2D eigenvalue weighted by molar-refractivity contribution is 7.89. The van der Waals surface area contributed by atoms with E-state index in [0.717, 1.165) is 0 Å². The zero-order valence-electron chi connectivity index (χ0n) is 16.5. The first-order valence-electron chi connectivity index (χ1n) is 9.14. The molecule has 0 atom stereocenters. The van der Waals surface area contributed by atoms with E-state index in [2.05, 4.69) is 9.97 Å². The lowest BCUT2D eigenvalue weighted by molar-refractivity contribution is 0.0514. The molecule has 3 heterocycles. The first-order chi connectivity index (χ1) is 13.3. The fourth-order valence-electron chi connectivity index (χ4n) is 3.53. The number of anilines is 1. The number of sulfonamides is 1. The van der Waals surface area contributed by atoms with E-state index < -0.39 is 16.0 Å². The molecular weight excluding hydrogens is 382 g/mol. The van der Waals surface area contributed by atoms with E-state index in [1.165, 1.54) is 4.31 Å². The zero-order chi connectivity index (χ0) is 20.5. The second-order valence-electron chi connectivity index (χ2n) is 6.61. The van der Waals surface area contributed by atoms with Gasteiger partial charge in [-0.25, -0.2) is 23.2 Å². The van der Waals surface area contributed by atoms with E-state index in [1.54, 1.807) is 50.8 Å². The number of carbonyl (C=O) groups is 1. The fourth-order valence-corrected chi connectivity index (χ4v) is 5.43. The standard InChI is InChI=1S/C18H25N5O4S/c1-5-27-17(24)15-13(2)16(14(3)21(15)4)28(25,26)23-11-9-22(10-12-23)18-19-7-6-8-20-18/h6-8H,5,9-12H2,1-4H3. The summed E-state index contributed by atoms with van der Waals surface area (Å²) in [5, 5.41) is 0. The highest BCUT2D eigenvalue weighted by atomic mass is 32.2. The summed E-state index contributed by atoms with van der Waals surface area (Å²) >= 11 is 0. The van der Waals surface area contributed by atoms with Gasteiger partial charge >= 0.3 is 5.97 Å². The number of esters is 1. The first-order valence-corrected chi connectivity index (χ1v) is 10.6. The number of nitrogens with zero attached hydrogens (tertiary/aromatic N) is 5. The summed E-state index contributed by atoms with van der Waals surface area (Å²) in [6, 6.07) is 1.74. The highest BCUT2D eigenvalue weighted by Gasteiger charge is 2.35. The molecule has 0 saturated carbocycles. The Balaban J connectivity index is 1.86. The lowest BCUT2D eigenvalue weighted by Crippen LogP contribution is -2.49. The van der Waals surface area contributed by atoms with Crippen LogP contribution in [0.25, 0.3) is 0 Å². The van der Waals surface area contributed by atoms with E-state index in [1.807, 2.05) is 4.90 Å². The molecule has 0 unspecified atom stereocenters. The van der Waals surface area contributed by atoms with Crippen LogP contribution in [0.2, 0.25) is 0 Å². The molecule has 10 heteroatoms. The molecule has 2 aromatic rings. The van der Waals surface area contributed by atoms with Crippen LogP contribution in [0.15, 0.2) is 23.4 Å². The van der Waals surface area contributed by atoms with E-state index in [9.17, 15) is 13.2 Å². The molecule has 0 N–H and O–H groups in total. The molecule has 1 saturated heterocycles. The molecule has 0 radical (unpaired) electrons. The normalized spacial score (nSPS) is 15.6. The monoisotopic (exact) mass is 407 g/mol. The maximum absolute atomic E-state index is 13.3. The van der Waals surface area contributed by atoms with Crippen molar-refractivity contribution in [2.24, 2.45) is 7.05 Å². The first kappa shape index (κ1) is 20.3. The second kappa shape index (κ2) is 7.88. The summed E-state index contributed by atoms with van der Waals surface area (Å²) < 4.78 is 34.8. The largest absolute Gasteiger partial charge is 0.461 e. The Morgan fingerprint density at radius 3 is 2.32 bits per heavy atom. The molecule has 0 bridgehead atoms. The molecule has 1 aliphatic heterocycles. The molecule has 0 spiro atoms. The van der Waals surface area contributed by atoms with Crippen molar-refractivity contribution >= 4 is 21.9 Å². The van der Waals surface area contributed by atoms with Crippen LogP contribution in [0.1, 0.15) is 28.7 Å². The summed E-state index contributed by atoms with van der Waals surface area (Å²) in [6.07, 6.45) is 3.33. The van der Waals surface area contributed by atoms with Crippen molar-refractivity contribution in [3.63, 3.8) is 0 Å². The van der Waals surface area contributed by atoms with Crippen LogP contribution in [0.5, 0.6) is 0 Å². The van der Waals surface area contributed by atoms with Gasteiger partial charge in [0.1, 0.15) is 10.6 Å². The Morgan fingerprint density at radius 1 is 1.14 bits per heavy atom. The average Bonchev–Trinajstić information content (AvgIpc) is 2.92. The molecule has 28 heavy (non-hydrogen) atoms. The van der Waals surface area contributed by atoms with Crippen LogP contribution in [0.4, 0.5) is 5.95 Å². The molecule has 1 fully saturated rings. The number of piperazine rings is 1. The van der Waals surface area contributed by atoms with Crippen molar-refractivity contribution in [1.29, 1.82) is 0 Å². The predicted octanol–water partition coefficient (Wildman–Crippen LogP) is 1.12. The predicted molar refractivity (Wildman–Crippen MR) is 104 cm³/mol. The molecule has 152 valence electrons. The Hall–Kier alpha value is -2.46. The zero-order valence-corrected chi connectivity index (χ0v) is 17.4. The van der Waals surface area contributed by atoms with Crippen molar-refractivity contribution < 1.29 is 17.9 Å². The lowest BCUT2D eigenvalue weighted by Gasteiger charge is -2.34. The second-order valence-corrected chi connectivity index (χ2v) is 8.48. The van der Waals surface area contributed by atoms with Crippen LogP contribution < -0.4 is 4.90 Å². The molecule has 1 aliphatic rings. The lowest BCUT2D eigenvalue weighted by atomic mass is 10.2. The van der Waals surface area contributed by atoms with Crippen molar-refractivity contribution in [3.05, 3.63) is 35.4 Å². The van der Waals surface area contributed by atoms with Crippen LogP contribution in [0, 0.1) is 13.8 Å². The van der Waals surface area contributed by atoms with Gasteiger partial charge in [0.2, 0.25) is 16.0 Å². The van der Waals surface area contributed by atoms with Gasteiger partial charge in [0.05, 0.1) is 6.61 Å². The summed E-state index contributed by atoms with van der Waals surface area (Å²) in [7, 11) is -2.06. The maximum atomic E-state index is 13.3. The van der Waals surface area contributed by atoms with E-state index in [-0.39, 0.29) is 17.2 Å². The third kappa shape index (κ3) is 3.49. The van der Waals surface area contributed by atoms with E-state index in [4.69, 9.17) is 4.74 Å². The van der Waals surface area contributed by atoms with Crippen LogP contribution in [-0.2, 0) is 21.8 Å². The fraction of sp³-hybridized carbons (Fsp3) is 0.500. The third-order valence-corrected chi connectivity index (χ3v) is 7.17. The van der Waals surface area contributed by atoms with Gasteiger partial charge in [0.25, 0.3) is 0 Å². The minimum Gasteiger partial charge on any atom is -0.461 e. The SMILES string of the molecule is CCOC(=O)c1c(C)c(S(=O)(=O)N2CCN(c3ncccn3)CC2)c(C)n1C. The van der Waals surface area contributed by atoms with Gasteiger partial charge in [-0.2, -0.15) is 4.31 Å². The number of hydrogen-bond donors (Lipinski definition) is 0. The van der Waals surface area contributed by atoms with Crippen molar-refractivity contribution in [2.75, 3.05) is 37.7 Å². The van der Waals surface area contributed by atoms with Crippen molar-refractivity contribution in [2.45, 2.75) is 25.7 Å². The number of ether oxygens (including phenoxy) is 1. The molecule has 0 amide bonds. The molecule has 3 rings (SSSR count). The van der Waals surface area contributed by atoms with Crippen LogP contribution in [0.3, 0.4) is 0 Å². The highest BCUT2D eigenvalue weighted by Crippen LogP contribution is 2.29. The average molecular weight is 407 g/mol. The van der Waals surface area contributed by atoms with Gasteiger partial charge in [-0.15, -0.1) is 0 Å². The molecule has 0 aliphatic carbocycles. The van der Waals surface area contributed by atoms with Gasteiger partial charge in [-0.1, -0.05) is 0 Å². The summed E-state index contributed by atoms with van der Waals surface area (Å²) in [6.45, 7) is 6.95. The maximum Gasteiger partial charge on any atom is 0.355 e. The number of hydrogen-bond acceptors (Lipinski definition) is 7. The van der Waals surface area contributed by atoms with Gasteiger partial charge < -0.3 is 14.2 Å². The van der Waals surface area contributed by atoms with E-state index in [0.29, 0.717) is 43.4 Å². The molecule has 0 aromatic carbocycles. The Bertz CT molecular complexity index is 964. The van der Waals surface area contributed by atoms with Gasteiger partial charge in [-0.3, -0.25) is 0 Å². The molecular formula is C18H25N5O4S. The van der Waals surface area contributed by atoms with E-state index >= 15 is 0 Å². The quantitative estimate of drug-likeness (QED) is 0.685. The van der Waals surface area contributed by atoms with Gasteiger partial charge in [-0.05, 0) is 26.8 Å². The molecule has 9 nitrogen and oxygen atoms in total. The summed E-state index contributed by atoms with van der Waals surface area (Å²) in [5.74, 6) is 0.0781. The Morgan fingerprint density at radius 2 is 1.75 bits per heavy atom. The van der Waals surface area contributed by atoms with Gasteiger partial charge in [0.15, 0.2) is 0 Å². The minimum atomic E-state index is -3.74. The van der Waals surface area contributed by atoms with Gasteiger partial charge in [0, 0.05) is 56.9 Å². The summed E-state index contributed by atoms with van der Waals surface area (Å²) in [5.41, 5.74) is 1.22. The van der Waals surface area contributed by atoms with Crippen LogP contribution in [-0.4, -0.2) is 66.0 Å². The number of carbonyl (C=O) groups excluding carboxylic acids is 1. The molecule has 2 aromatic heterocycles. The smallest absolute Gasteiger partial charge is 0.355 e. The van der Waals surface area contributed by atoms with Crippen molar-refractivity contribution in [3.8, 4) is 0 Å². The number of rotatable bonds is 5. The summed E-state index contributed by atoms with van der Waals surface area (Å²) in [4.78, 5) is 22.9. The van der Waals surface area contributed by atoms with Crippen LogP contribution >= 0.6 is 0 Å². The Labute approximate surface area is 165 Å². The minimum absolute atomic E-state index is 0.183.